The lowest BCUT2D eigenvalue weighted by molar-refractivity contribution is -0.156. The van der Waals surface area contributed by atoms with E-state index >= 15 is 0 Å². The summed E-state index contributed by atoms with van der Waals surface area (Å²) < 4.78 is 0. The molecule has 5 aliphatic rings. The number of hydrogen-bond donors (Lipinski definition) is 1. The summed E-state index contributed by atoms with van der Waals surface area (Å²) in [5.74, 6) is 1.25. The molecule has 2 unspecified atom stereocenters. The quantitative estimate of drug-likeness (QED) is 0.825. The third kappa shape index (κ3) is 2.11. The van der Waals surface area contributed by atoms with E-state index in [4.69, 9.17) is 0 Å². The SMILES string of the molecule is CC12CC3CC(C)(C1)CC(CC(=O)NC1CC1)(C3)C2. The molecule has 2 nitrogen and oxygen atoms in total. The molecule has 5 saturated carbocycles. The Labute approximate surface area is 116 Å². The fourth-order valence-electron chi connectivity index (χ4n) is 6.73. The Hall–Kier alpha value is -0.530. The minimum absolute atomic E-state index is 0.344. The van der Waals surface area contributed by atoms with Gasteiger partial charge < -0.3 is 5.32 Å². The van der Waals surface area contributed by atoms with Crippen LogP contribution in [0.15, 0.2) is 0 Å². The van der Waals surface area contributed by atoms with E-state index in [9.17, 15) is 4.79 Å². The van der Waals surface area contributed by atoms with Gasteiger partial charge >= 0.3 is 0 Å². The molecule has 2 atom stereocenters. The number of nitrogens with one attached hydrogen (secondary N) is 1. The van der Waals surface area contributed by atoms with Gasteiger partial charge in [-0.15, -0.1) is 0 Å². The van der Waals surface area contributed by atoms with E-state index in [0.717, 1.165) is 12.3 Å². The van der Waals surface area contributed by atoms with E-state index in [1.54, 1.807) is 0 Å². The number of amides is 1. The first-order valence-corrected chi connectivity index (χ1v) is 8.17. The zero-order valence-corrected chi connectivity index (χ0v) is 12.4. The highest BCUT2D eigenvalue weighted by Crippen LogP contribution is 2.70. The van der Waals surface area contributed by atoms with Gasteiger partial charge in [-0.2, -0.15) is 0 Å². The average molecular weight is 261 g/mol. The van der Waals surface area contributed by atoms with Crippen LogP contribution in [0.3, 0.4) is 0 Å². The van der Waals surface area contributed by atoms with Crippen molar-refractivity contribution < 1.29 is 4.79 Å². The molecule has 5 fully saturated rings. The first-order chi connectivity index (χ1) is 8.88. The van der Waals surface area contributed by atoms with Crippen molar-refractivity contribution in [2.24, 2.45) is 22.2 Å². The Morgan fingerprint density at radius 1 is 1.05 bits per heavy atom. The Morgan fingerprint density at radius 3 is 2.21 bits per heavy atom. The highest BCUT2D eigenvalue weighted by molar-refractivity contribution is 5.77. The zero-order valence-electron chi connectivity index (χ0n) is 12.4. The lowest BCUT2D eigenvalue weighted by Crippen LogP contribution is -2.56. The van der Waals surface area contributed by atoms with E-state index in [0.29, 0.717) is 28.2 Å². The van der Waals surface area contributed by atoms with Gasteiger partial charge in [-0.3, -0.25) is 4.79 Å². The van der Waals surface area contributed by atoms with Crippen LogP contribution in [0, 0.1) is 22.2 Å². The molecule has 19 heavy (non-hydrogen) atoms. The molecule has 0 spiro atoms. The van der Waals surface area contributed by atoms with E-state index < -0.39 is 0 Å². The molecular formula is C17H27NO. The lowest BCUT2D eigenvalue weighted by atomic mass is 9.40. The maximum absolute atomic E-state index is 12.3. The summed E-state index contributed by atoms with van der Waals surface area (Å²) in [6, 6.07) is 0.521. The van der Waals surface area contributed by atoms with E-state index in [2.05, 4.69) is 19.2 Å². The van der Waals surface area contributed by atoms with Gasteiger partial charge in [0.05, 0.1) is 0 Å². The summed E-state index contributed by atoms with van der Waals surface area (Å²) in [5, 5.41) is 3.21. The average Bonchev–Trinajstić information content (AvgIpc) is 2.93. The van der Waals surface area contributed by atoms with Crippen LogP contribution in [0.25, 0.3) is 0 Å². The topological polar surface area (TPSA) is 29.1 Å². The molecule has 5 aliphatic carbocycles. The molecule has 1 amide bonds. The van der Waals surface area contributed by atoms with Crippen LogP contribution in [-0.4, -0.2) is 11.9 Å². The number of carbonyl (C=O) groups excluding carboxylic acids is 1. The number of hydrogen-bond acceptors (Lipinski definition) is 1. The summed E-state index contributed by atoms with van der Waals surface area (Å²) in [6.45, 7) is 4.98. The predicted molar refractivity (Wildman–Crippen MR) is 75.6 cm³/mol. The minimum Gasteiger partial charge on any atom is -0.353 e. The van der Waals surface area contributed by atoms with Crippen molar-refractivity contribution in [2.45, 2.75) is 77.7 Å². The fraction of sp³-hybridized carbons (Fsp3) is 0.941. The summed E-state index contributed by atoms with van der Waals surface area (Å²) >= 11 is 0. The molecule has 0 aliphatic heterocycles. The predicted octanol–water partition coefficient (Wildman–Crippen LogP) is 3.65. The largest absolute Gasteiger partial charge is 0.353 e. The number of rotatable bonds is 3. The van der Waals surface area contributed by atoms with Gasteiger partial charge in [0.2, 0.25) is 5.91 Å². The van der Waals surface area contributed by atoms with Crippen LogP contribution in [0.2, 0.25) is 0 Å². The zero-order chi connectivity index (χ0) is 13.3. The second-order valence-electron chi connectivity index (χ2n) is 9.15. The summed E-state index contributed by atoms with van der Waals surface area (Å²) in [4.78, 5) is 12.3. The maximum Gasteiger partial charge on any atom is 0.220 e. The molecule has 0 heterocycles. The van der Waals surface area contributed by atoms with Crippen LogP contribution in [0.1, 0.15) is 71.6 Å². The van der Waals surface area contributed by atoms with Crippen molar-refractivity contribution in [3.8, 4) is 0 Å². The second kappa shape index (κ2) is 3.56. The molecule has 106 valence electrons. The van der Waals surface area contributed by atoms with Crippen molar-refractivity contribution >= 4 is 5.91 Å². The molecule has 2 heteroatoms. The fourth-order valence-corrected chi connectivity index (χ4v) is 6.73. The molecular weight excluding hydrogens is 234 g/mol. The van der Waals surface area contributed by atoms with E-state index in [1.165, 1.54) is 51.4 Å². The highest BCUT2D eigenvalue weighted by atomic mass is 16.1. The Balaban J connectivity index is 1.54. The van der Waals surface area contributed by atoms with Crippen molar-refractivity contribution in [3.63, 3.8) is 0 Å². The van der Waals surface area contributed by atoms with Gasteiger partial charge in [0.25, 0.3) is 0 Å². The third-order valence-electron chi connectivity index (χ3n) is 6.22. The number of carbonyl (C=O) groups is 1. The second-order valence-corrected chi connectivity index (χ2v) is 9.15. The first-order valence-electron chi connectivity index (χ1n) is 8.17. The molecule has 5 rings (SSSR count). The summed E-state index contributed by atoms with van der Waals surface area (Å²) in [5.41, 5.74) is 1.42. The van der Waals surface area contributed by atoms with Gasteiger partial charge in [0.1, 0.15) is 0 Å². The lowest BCUT2D eigenvalue weighted by Gasteiger charge is -2.65. The summed E-state index contributed by atoms with van der Waals surface area (Å²) in [7, 11) is 0. The van der Waals surface area contributed by atoms with Crippen molar-refractivity contribution in [1.29, 1.82) is 0 Å². The first kappa shape index (κ1) is 12.2. The molecule has 4 bridgehead atoms. The van der Waals surface area contributed by atoms with Crippen LogP contribution in [-0.2, 0) is 4.79 Å². The van der Waals surface area contributed by atoms with Gasteiger partial charge in [-0.05, 0) is 73.5 Å². The van der Waals surface area contributed by atoms with Gasteiger partial charge in [-0.25, -0.2) is 0 Å². The van der Waals surface area contributed by atoms with Crippen LogP contribution in [0.5, 0.6) is 0 Å². The smallest absolute Gasteiger partial charge is 0.220 e. The highest BCUT2D eigenvalue weighted by Gasteiger charge is 2.60. The van der Waals surface area contributed by atoms with E-state index in [-0.39, 0.29) is 0 Å². The van der Waals surface area contributed by atoms with Crippen LogP contribution >= 0.6 is 0 Å². The normalized spacial score (nSPS) is 51.4. The van der Waals surface area contributed by atoms with Gasteiger partial charge in [0, 0.05) is 12.5 Å². The van der Waals surface area contributed by atoms with Crippen molar-refractivity contribution in [2.75, 3.05) is 0 Å². The van der Waals surface area contributed by atoms with Crippen molar-refractivity contribution in [3.05, 3.63) is 0 Å². The molecule has 0 aromatic carbocycles. The Morgan fingerprint density at radius 2 is 1.68 bits per heavy atom. The molecule has 0 aromatic rings. The third-order valence-corrected chi connectivity index (χ3v) is 6.22. The van der Waals surface area contributed by atoms with Crippen molar-refractivity contribution in [1.82, 2.24) is 5.32 Å². The molecule has 1 N–H and O–H groups in total. The van der Waals surface area contributed by atoms with Gasteiger partial charge in [0.15, 0.2) is 0 Å². The Bertz CT molecular complexity index is 407. The maximum atomic E-state index is 12.3. The van der Waals surface area contributed by atoms with Crippen LogP contribution < -0.4 is 5.32 Å². The molecule has 0 radical (unpaired) electrons. The molecule has 0 aromatic heterocycles. The minimum atomic E-state index is 0.344. The van der Waals surface area contributed by atoms with E-state index in [1.807, 2.05) is 0 Å². The molecule has 0 saturated heterocycles. The standard InChI is InChI=1S/C17H27NO/c1-15-5-12-6-16(2,9-15)11-17(7-12,10-15)8-14(19)18-13-3-4-13/h12-13H,3-11H2,1-2H3,(H,18,19). The Kier molecular flexibility index (Phi) is 2.29. The van der Waals surface area contributed by atoms with Crippen LogP contribution in [0.4, 0.5) is 0 Å². The van der Waals surface area contributed by atoms with Gasteiger partial charge in [-0.1, -0.05) is 13.8 Å². The monoisotopic (exact) mass is 261 g/mol. The summed E-state index contributed by atoms with van der Waals surface area (Å²) in [6.07, 6.45) is 11.4.